The Labute approximate surface area is 127 Å². The van der Waals surface area contributed by atoms with Crippen LogP contribution in [-0.4, -0.2) is 9.97 Å². The maximum absolute atomic E-state index is 5.72. The Hall–Kier alpha value is -1.98. The summed E-state index contributed by atoms with van der Waals surface area (Å²) in [6, 6.07) is 10.3. The predicted molar refractivity (Wildman–Crippen MR) is 87.2 cm³/mol. The Morgan fingerprint density at radius 2 is 1.95 bits per heavy atom. The second-order valence-corrected chi connectivity index (χ2v) is 6.65. The van der Waals surface area contributed by atoms with Gasteiger partial charge in [-0.15, -0.1) is 11.3 Å². The largest absolute Gasteiger partial charge is 0.308 e. The molecule has 3 N–H and O–H groups in total. The fourth-order valence-corrected chi connectivity index (χ4v) is 3.50. The number of anilines is 1. The molecule has 1 aliphatic carbocycles. The maximum Gasteiger partial charge on any atom is 0.153 e. The number of nitrogens with two attached hydrogens (primary N) is 1. The van der Waals surface area contributed by atoms with Crippen LogP contribution in [0.15, 0.2) is 35.7 Å². The first-order chi connectivity index (χ1) is 10.2. The number of nitrogens with zero attached hydrogens (tertiary/aromatic N) is 2. The summed E-state index contributed by atoms with van der Waals surface area (Å²) in [5.74, 6) is 7.35. The lowest BCUT2D eigenvalue weighted by Gasteiger charge is -2.10. The second kappa shape index (κ2) is 4.51. The number of hydrazine groups is 1. The molecular formula is C16H16N4S. The van der Waals surface area contributed by atoms with Crippen molar-refractivity contribution in [2.24, 2.45) is 5.84 Å². The number of hydrogen-bond acceptors (Lipinski definition) is 5. The van der Waals surface area contributed by atoms with E-state index in [2.05, 4.69) is 34.8 Å². The van der Waals surface area contributed by atoms with Crippen LogP contribution in [-0.2, 0) is 5.41 Å². The topological polar surface area (TPSA) is 63.8 Å². The number of nitrogen functional groups attached to an aromatic ring is 1. The van der Waals surface area contributed by atoms with Gasteiger partial charge in [-0.1, -0.05) is 37.3 Å². The molecule has 0 amide bonds. The first-order valence-corrected chi connectivity index (χ1v) is 7.91. The quantitative estimate of drug-likeness (QED) is 0.571. The van der Waals surface area contributed by atoms with Crippen molar-refractivity contribution in [2.45, 2.75) is 25.2 Å². The van der Waals surface area contributed by atoms with E-state index < -0.39 is 0 Å². The molecule has 4 nitrogen and oxygen atoms in total. The number of benzene rings is 1. The van der Waals surface area contributed by atoms with E-state index in [4.69, 9.17) is 10.8 Å². The van der Waals surface area contributed by atoms with Crippen molar-refractivity contribution in [3.8, 4) is 11.1 Å². The van der Waals surface area contributed by atoms with E-state index in [9.17, 15) is 0 Å². The molecule has 1 aliphatic rings. The van der Waals surface area contributed by atoms with Crippen LogP contribution in [0.4, 0.5) is 5.82 Å². The molecule has 0 spiro atoms. The lowest BCUT2D eigenvalue weighted by molar-refractivity contribution is 0.717. The van der Waals surface area contributed by atoms with Gasteiger partial charge in [0.15, 0.2) is 5.82 Å². The van der Waals surface area contributed by atoms with E-state index >= 15 is 0 Å². The molecule has 3 aromatic rings. The Kier molecular flexibility index (Phi) is 2.74. The molecule has 0 saturated heterocycles. The zero-order valence-corrected chi connectivity index (χ0v) is 12.6. The van der Waals surface area contributed by atoms with Gasteiger partial charge in [-0.3, -0.25) is 0 Å². The van der Waals surface area contributed by atoms with Gasteiger partial charge in [0.05, 0.1) is 5.39 Å². The van der Waals surface area contributed by atoms with E-state index in [-0.39, 0.29) is 5.41 Å². The molecule has 106 valence electrons. The first kappa shape index (κ1) is 12.7. The molecule has 1 saturated carbocycles. The van der Waals surface area contributed by atoms with Gasteiger partial charge in [0.1, 0.15) is 10.7 Å². The van der Waals surface area contributed by atoms with Crippen LogP contribution in [0.5, 0.6) is 0 Å². The van der Waals surface area contributed by atoms with Crippen LogP contribution >= 0.6 is 11.3 Å². The van der Waals surface area contributed by atoms with Crippen LogP contribution in [0.3, 0.4) is 0 Å². The van der Waals surface area contributed by atoms with Crippen LogP contribution in [0.2, 0.25) is 0 Å². The Morgan fingerprint density at radius 1 is 1.19 bits per heavy atom. The van der Waals surface area contributed by atoms with Crippen molar-refractivity contribution in [3.63, 3.8) is 0 Å². The third kappa shape index (κ3) is 2.01. The summed E-state index contributed by atoms with van der Waals surface area (Å²) in [6.45, 7) is 2.21. The van der Waals surface area contributed by atoms with Gasteiger partial charge >= 0.3 is 0 Å². The van der Waals surface area contributed by atoms with Crippen molar-refractivity contribution in [1.29, 1.82) is 0 Å². The van der Waals surface area contributed by atoms with Crippen LogP contribution < -0.4 is 11.3 Å². The fourth-order valence-electron chi connectivity index (χ4n) is 2.56. The average Bonchev–Trinajstić information content (AvgIpc) is 3.13. The van der Waals surface area contributed by atoms with Crippen molar-refractivity contribution in [2.75, 3.05) is 5.43 Å². The highest BCUT2D eigenvalue weighted by atomic mass is 32.1. The lowest BCUT2D eigenvalue weighted by Crippen LogP contribution is -2.14. The normalized spacial score (nSPS) is 16.1. The number of thiophene rings is 1. The molecule has 4 rings (SSSR count). The summed E-state index contributed by atoms with van der Waals surface area (Å²) in [4.78, 5) is 10.4. The third-order valence-electron chi connectivity index (χ3n) is 4.19. The van der Waals surface area contributed by atoms with Gasteiger partial charge in [0.2, 0.25) is 0 Å². The molecule has 0 atom stereocenters. The summed E-state index contributed by atoms with van der Waals surface area (Å²) in [5.41, 5.74) is 5.19. The molecule has 0 radical (unpaired) electrons. The second-order valence-electron chi connectivity index (χ2n) is 5.80. The van der Waals surface area contributed by atoms with Crippen molar-refractivity contribution >= 4 is 27.4 Å². The first-order valence-electron chi connectivity index (χ1n) is 7.03. The van der Waals surface area contributed by atoms with E-state index in [1.54, 1.807) is 11.3 Å². The van der Waals surface area contributed by atoms with Gasteiger partial charge in [0.25, 0.3) is 0 Å². The molecule has 0 aliphatic heterocycles. The number of fused-ring (bicyclic) bond motifs is 1. The van der Waals surface area contributed by atoms with E-state index in [0.29, 0.717) is 0 Å². The summed E-state index contributed by atoms with van der Waals surface area (Å²) >= 11 is 1.65. The molecule has 5 heteroatoms. The lowest BCUT2D eigenvalue weighted by atomic mass is 10.1. The molecule has 0 bridgehead atoms. The summed E-state index contributed by atoms with van der Waals surface area (Å²) in [7, 11) is 0. The van der Waals surface area contributed by atoms with E-state index in [1.807, 2.05) is 18.2 Å². The van der Waals surface area contributed by atoms with Crippen molar-refractivity contribution in [1.82, 2.24) is 9.97 Å². The summed E-state index contributed by atoms with van der Waals surface area (Å²) in [6.07, 6.45) is 2.30. The van der Waals surface area contributed by atoms with Crippen LogP contribution in [0.1, 0.15) is 25.6 Å². The number of rotatable bonds is 3. The van der Waals surface area contributed by atoms with Crippen LogP contribution in [0.25, 0.3) is 21.3 Å². The average molecular weight is 296 g/mol. The number of aromatic nitrogens is 2. The van der Waals surface area contributed by atoms with Gasteiger partial charge in [-0.2, -0.15) is 0 Å². The number of nitrogens with one attached hydrogen (secondary N) is 1. The smallest absolute Gasteiger partial charge is 0.153 e. The minimum atomic E-state index is 0.136. The maximum atomic E-state index is 5.72. The Bertz CT molecular complexity index is 806. The molecule has 1 aromatic carbocycles. The fraction of sp³-hybridized carbons (Fsp3) is 0.250. The highest BCUT2D eigenvalue weighted by Crippen LogP contribution is 2.47. The van der Waals surface area contributed by atoms with Crippen LogP contribution in [0, 0.1) is 0 Å². The molecule has 2 aromatic heterocycles. The monoisotopic (exact) mass is 296 g/mol. The van der Waals surface area contributed by atoms with Gasteiger partial charge in [0, 0.05) is 16.4 Å². The van der Waals surface area contributed by atoms with Gasteiger partial charge < -0.3 is 5.43 Å². The molecule has 21 heavy (non-hydrogen) atoms. The summed E-state index contributed by atoms with van der Waals surface area (Å²) < 4.78 is 0. The highest BCUT2D eigenvalue weighted by Gasteiger charge is 2.42. The predicted octanol–water partition coefficient (Wildman–Crippen LogP) is 3.70. The SMILES string of the molecule is CC1(c2nc(NN)c3c(-c4ccccc4)csc3n2)CC1. The zero-order valence-electron chi connectivity index (χ0n) is 11.8. The minimum Gasteiger partial charge on any atom is -0.308 e. The molecular weight excluding hydrogens is 280 g/mol. The molecule has 2 heterocycles. The highest BCUT2D eigenvalue weighted by molar-refractivity contribution is 7.17. The third-order valence-corrected chi connectivity index (χ3v) is 5.07. The standard InChI is InChI=1S/C16H16N4S/c1-16(7-8-16)15-18-13(20-17)12-11(9-21-14(12)19-15)10-5-3-2-4-6-10/h2-6,9H,7-8,17H2,1H3,(H,18,19,20). The number of hydrogen-bond donors (Lipinski definition) is 2. The van der Waals surface area contributed by atoms with Gasteiger partial charge in [-0.25, -0.2) is 15.8 Å². The summed E-state index contributed by atoms with van der Waals surface area (Å²) in [5, 5.41) is 3.15. The Balaban J connectivity index is 1.95. The van der Waals surface area contributed by atoms with E-state index in [1.165, 1.54) is 0 Å². The van der Waals surface area contributed by atoms with Crippen molar-refractivity contribution < 1.29 is 0 Å². The van der Waals surface area contributed by atoms with E-state index in [0.717, 1.165) is 45.8 Å². The Morgan fingerprint density at radius 3 is 2.62 bits per heavy atom. The zero-order chi connectivity index (χ0) is 14.4. The molecule has 1 fully saturated rings. The van der Waals surface area contributed by atoms with Gasteiger partial charge in [-0.05, 0) is 18.4 Å². The van der Waals surface area contributed by atoms with Crippen molar-refractivity contribution in [3.05, 3.63) is 41.5 Å². The minimum absolute atomic E-state index is 0.136. The molecule has 0 unspecified atom stereocenters.